The second-order valence-electron chi connectivity index (χ2n) is 7.71. The maximum Gasteiger partial charge on any atom is 0.237 e. The van der Waals surface area contributed by atoms with Crippen LogP contribution < -0.4 is 15.4 Å². The second kappa shape index (κ2) is 7.76. The van der Waals surface area contributed by atoms with Gasteiger partial charge in [0, 0.05) is 46.7 Å². The molecule has 5 rings (SSSR count). The number of nitrogens with zero attached hydrogens (tertiary/aromatic N) is 3. The zero-order chi connectivity index (χ0) is 22.3. The fourth-order valence-electron chi connectivity index (χ4n) is 3.69. The van der Waals surface area contributed by atoms with Gasteiger partial charge in [0.15, 0.2) is 0 Å². The normalized spacial score (nSPS) is 14.7. The molecule has 1 aliphatic heterocycles. The molecule has 0 saturated carbocycles. The molecule has 0 saturated heterocycles. The lowest BCUT2D eigenvalue weighted by atomic mass is 10.00. The highest BCUT2D eigenvalue weighted by Gasteiger charge is 2.17. The number of aromatic nitrogens is 3. The summed E-state index contributed by atoms with van der Waals surface area (Å²) in [5.41, 5.74) is 5.62. The van der Waals surface area contributed by atoms with Gasteiger partial charge in [0.05, 0.1) is 15.2 Å². The third kappa shape index (κ3) is 3.82. The second-order valence-corrected chi connectivity index (χ2v) is 9.87. The number of hydrogen-bond donors (Lipinski definition) is 3. The maximum atomic E-state index is 11.9. The van der Waals surface area contributed by atoms with E-state index in [0.29, 0.717) is 23.3 Å². The van der Waals surface area contributed by atoms with Crippen molar-refractivity contribution in [2.24, 2.45) is 0 Å². The molecule has 4 aromatic rings. The van der Waals surface area contributed by atoms with E-state index in [0.717, 1.165) is 45.5 Å². The van der Waals surface area contributed by atoms with Gasteiger partial charge in [-0.3, -0.25) is 0 Å². The molecule has 162 valence electrons. The van der Waals surface area contributed by atoms with Gasteiger partial charge in [-0.1, -0.05) is 12.1 Å². The number of fused-ring (bicyclic) bond motifs is 2. The first-order chi connectivity index (χ1) is 15.4. The van der Waals surface area contributed by atoms with E-state index in [9.17, 15) is 4.21 Å². The van der Waals surface area contributed by atoms with Crippen molar-refractivity contribution in [2.75, 3.05) is 30.0 Å². The Balaban J connectivity index is 1.47. The Morgan fingerprint density at radius 2 is 1.94 bits per heavy atom. The van der Waals surface area contributed by atoms with Crippen molar-refractivity contribution in [1.82, 2.24) is 15.0 Å². The van der Waals surface area contributed by atoms with E-state index in [1.54, 1.807) is 30.5 Å². The fraction of sp³-hybridized carbons (Fsp3) is 0.174. The minimum atomic E-state index is -2.74. The van der Waals surface area contributed by atoms with Crippen LogP contribution in [0.5, 0.6) is 5.88 Å². The van der Waals surface area contributed by atoms with Crippen LogP contribution in [0.25, 0.3) is 22.0 Å². The summed E-state index contributed by atoms with van der Waals surface area (Å²) < 4.78 is 25.2. The molecule has 1 aliphatic rings. The number of rotatable bonds is 4. The Kier molecular flexibility index (Phi) is 4.90. The van der Waals surface area contributed by atoms with Crippen molar-refractivity contribution in [1.29, 1.82) is 4.78 Å². The predicted octanol–water partition coefficient (Wildman–Crippen LogP) is 4.58. The zero-order valence-electron chi connectivity index (χ0n) is 17.7. The quantitative estimate of drug-likeness (QED) is 0.420. The Bertz CT molecular complexity index is 1440. The van der Waals surface area contributed by atoms with Gasteiger partial charge >= 0.3 is 0 Å². The topological polar surface area (TPSA) is 113 Å². The molecule has 0 spiro atoms. The molecule has 2 aromatic carbocycles. The smallest absolute Gasteiger partial charge is 0.237 e. The molecule has 3 heterocycles. The van der Waals surface area contributed by atoms with Gasteiger partial charge in [-0.25, -0.2) is 23.9 Å². The maximum absolute atomic E-state index is 11.9. The third-order valence-electron chi connectivity index (χ3n) is 5.40. The van der Waals surface area contributed by atoms with E-state index >= 15 is 0 Å². The van der Waals surface area contributed by atoms with E-state index in [1.165, 1.54) is 6.26 Å². The minimum Gasteiger partial charge on any atom is -0.474 e. The lowest BCUT2D eigenvalue weighted by molar-refractivity contribution is 0.310. The number of anilines is 3. The summed E-state index contributed by atoms with van der Waals surface area (Å²) in [6.45, 7) is 3.44. The van der Waals surface area contributed by atoms with Gasteiger partial charge in [0.2, 0.25) is 11.8 Å². The molecule has 1 atom stereocenters. The largest absolute Gasteiger partial charge is 0.474 e. The summed E-state index contributed by atoms with van der Waals surface area (Å²) in [6, 6.07) is 13.0. The van der Waals surface area contributed by atoms with Gasteiger partial charge in [-0.2, -0.15) is 0 Å². The number of hydrogen-bond acceptors (Lipinski definition) is 8. The van der Waals surface area contributed by atoms with Crippen LogP contribution in [-0.4, -0.2) is 38.6 Å². The summed E-state index contributed by atoms with van der Waals surface area (Å²) in [6.07, 6.45) is 5.02. The Labute approximate surface area is 186 Å². The summed E-state index contributed by atoms with van der Waals surface area (Å²) in [4.78, 5) is 14.0. The number of ether oxygens (including phenoxy) is 1. The first-order valence-corrected chi connectivity index (χ1v) is 12.1. The molecular weight excluding hydrogens is 424 g/mol. The van der Waals surface area contributed by atoms with Crippen molar-refractivity contribution in [3.63, 3.8) is 0 Å². The van der Waals surface area contributed by atoms with Crippen molar-refractivity contribution < 1.29 is 8.95 Å². The summed E-state index contributed by atoms with van der Waals surface area (Å²) in [5, 5.41) is 7.48. The first kappa shape index (κ1) is 20.2. The zero-order valence-corrected chi connectivity index (χ0v) is 18.5. The van der Waals surface area contributed by atoms with E-state index in [4.69, 9.17) is 9.52 Å². The Morgan fingerprint density at radius 1 is 1.12 bits per heavy atom. The summed E-state index contributed by atoms with van der Waals surface area (Å²) in [7, 11) is -2.74. The highest BCUT2D eigenvalue weighted by molar-refractivity contribution is 7.91. The fourth-order valence-corrected chi connectivity index (χ4v) is 4.35. The van der Waals surface area contributed by atoms with Crippen LogP contribution in [0.2, 0.25) is 0 Å². The van der Waals surface area contributed by atoms with Crippen molar-refractivity contribution in [3.8, 4) is 17.0 Å². The highest BCUT2D eigenvalue weighted by atomic mass is 32.2. The molecule has 8 nitrogen and oxygen atoms in total. The van der Waals surface area contributed by atoms with Gasteiger partial charge < -0.3 is 15.4 Å². The Morgan fingerprint density at radius 3 is 2.72 bits per heavy atom. The summed E-state index contributed by atoms with van der Waals surface area (Å²) in [5.74, 6) is 1.10. The van der Waals surface area contributed by atoms with Crippen LogP contribution in [0.15, 0.2) is 59.8 Å². The lowest BCUT2D eigenvalue weighted by Gasteiger charge is -2.21. The average Bonchev–Trinajstić information content (AvgIpc) is 2.79. The lowest BCUT2D eigenvalue weighted by Crippen LogP contribution is -2.20. The van der Waals surface area contributed by atoms with E-state index < -0.39 is 9.73 Å². The molecule has 0 bridgehead atoms. The molecule has 9 heteroatoms. The van der Waals surface area contributed by atoms with Gasteiger partial charge in [-0.15, -0.1) is 0 Å². The number of pyridine rings is 1. The van der Waals surface area contributed by atoms with Crippen LogP contribution in [0, 0.1) is 11.7 Å². The Hall–Kier alpha value is -3.72. The number of nitrogens with one attached hydrogen (secondary N) is 3. The van der Waals surface area contributed by atoms with Crippen molar-refractivity contribution >= 4 is 38.0 Å². The van der Waals surface area contributed by atoms with Gasteiger partial charge in [0.25, 0.3) is 0 Å². The molecule has 0 unspecified atom stereocenters. The van der Waals surface area contributed by atoms with E-state index in [2.05, 4.69) is 32.5 Å². The summed E-state index contributed by atoms with van der Waals surface area (Å²) >= 11 is 0. The predicted molar refractivity (Wildman–Crippen MR) is 126 cm³/mol. The third-order valence-corrected chi connectivity index (χ3v) is 6.57. The molecule has 0 amide bonds. The van der Waals surface area contributed by atoms with Crippen LogP contribution in [-0.2, 0) is 9.73 Å². The number of benzene rings is 2. The molecule has 2 aromatic heterocycles. The molecule has 0 radical (unpaired) electrons. The van der Waals surface area contributed by atoms with E-state index in [-0.39, 0.29) is 0 Å². The van der Waals surface area contributed by atoms with Crippen molar-refractivity contribution in [3.05, 3.63) is 60.4 Å². The molecule has 3 N–H and O–H groups in total. The minimum absolute atomic E-state index is 0.459. The van der Waals surface area contributed by atoms with Gasteiger partial charge in [-0.05, 0) is 48.4 Å². The van der Waals surface area contributed by atoms with Crippen LogP contribution in [0.4, 0.5) is 17.3 Å². The van der Waals surface area contributed by atoms with Crippen LogP contribution in [0.1, 0.15) is 5.56 Å². The van der Waals surface area contributed by atoms with E-state index in [1.807, 2.05) is 24.4 Å². The van der Waals surface area contributed by atoms with Gasteiger partial charge in [0.1, 0.15) is 12.3 Å². The van der Waals surface area contributed by atoms with Crippen molar-refractivity contribution in [2.45, 2.75) is 11.8 Å². The standard InChI is InChI=1S/C23H22N6O2S/c1-14-19(13-26-22-21(14)25-9-10-31-22)15-3-4-16-12-27-23(29-20(16)11-15)28-17-5-7-18(8-6-17)32(2,24)30/h3-8,11-13,24-25H,9-10H2,1-2H3,(H,27,28,29)/t32-/m0/s1. The molecule has 32 heavy (non-hydrogen) atoms. The van der Waals surface area contributed by atoms with Crippen LogP contribution in [0.3, 0.4) is 0 Å². The molecular formula is C23H22N6O2S. The first-order valence-electron chi connectivity index (χ1n) is 10.1. The average molecular weight is 447 g/mol. The monoisotopic (exact) mass is 446 g/mol. The molecule has 0 aliphatic carbocycles. The van der Waals surface area contributed by atoms with Crippen LogP contribution >= 0.6 is 0 Å². The highest BCUT2D eigenvalue weighted by Crippen LogP contribution is 2.36. The SMILES string of the molecule is Cc1c(-c2ccc3cnc(Nc4ccc([S@@](C)(=N)=O)cc4)nc3c2)cnc2c1NCCO2. The molecule has 0 fully saturated rings.